The first-order valence-corrected chi connectivity index (χ1v) is 9.96. The van der Waals surface area contributed by atoms with Crippen LogP contribution in [0.25, 0.3) is 0 Å². The third kappa shape index (κ3) is 6.60. The predicted molar refractivity (Wildman–Crippen MR) is 111 cm³/mol. The van der Waals surface area contributed by atoms with Crippen molar-refractivity contribution in [3.8, 4) is 5.75 Å². The quantitative estimate of drug-likeness (QED) is 0.491. The average molecular weight is 419 g/mol. The Balaban J connectivity index is 1.73. The summed E-state index contributed by atoms with van der Waals surface area (Å²) in [5.74, 6) is -0.779. The van der Waals surface area contributed by atoms with Gasteiger partial charge >= 0.3 is 11.9 Å². The number of aryl methyl sites for hydroxylation is 2. The third-order valence-corrected chi connectivity index (χ3v) is 5.33. The van der Waals surface area contributed by atoms with E-state index in [1.165, 1.54) is 18.4 Å². The molecule has 1 aromatic carbocycles. The Morgan fingerprint density at radius 1 is 1.07 bits per heavy atom. The van der Waals surface area contributed by atoms with E-state index in [1.807, 2.05) is 38.1 Å². The molecular formula is C21H25NO6S. The monoisotopic (exact) mass is 419 g/mol. The van der Waals surface area contributed by atoms with Gasteiger partial charge in [-0.1, -0.05) is 17.7 Å². The van der Waals surface area contributed by atoms with Crippen molar-refractivity contribution in [3.63, 3.8) is 0 Å². The minimum absolute atomic E-state index is 0.143. The van der Waals surface area contributed by atoms with Gasteiger partial charge in [0.2, 0.25) is 0 Å². The third-order valence-electron chi connectivity index (χ3n) is 4.21. The van der Waals surface area contributed by atoms with Crippen molar-refractivity contribution in [2.75, 3.05) is 25.6 Å². The molecular weight excluding hydrogens is 394 g/mol. The number of benzene rings is 1. The Bertz CT molecular complexity index is 872. The lowest BCUT2D eigenvalue weighted by atomic mass is 10.1. The zero-order valence-corrected chi connectivity index (χ0v) is 17.8. The Morgan fingerprint density at radius 2 is 1.76 bits per heavy atom. The van der Waals surface area contributed by atoms with Crippen LogP contribution in [0.5, 0.6) is 5.75 Å². The van der Waals surface area contributed by atoms with Crippen molar-refractivity contribution in [1.29, 1.82) is 0 Å². The van der Waals surface area contributed by atoms with Gasteiger partial charge in [0.1, 0.15) is 10.8 Å². The molecule has 2 rings (SSSR count). The van der Waals surface area contributed by atoms with Gasteiger partial charge in [0.25, 0.3) is 5.91 Å². The molecule has 2 aromatic rings. The van der Waals surface area contributed by atoms with E-state index in [-0.39, 0.29) is 6.42 Å². The van der Waals surface area contributed by atoms with Crippen LogP contribution in [-0.2, 0) is 19.1 Å². The Hall–Kier alpha value is -2.87. The van der Waals surface area contributed by atoms with Crippen molar-refractivity contribution >= 4 is 34.2 Å². The zero-order valence-electron chi connectivity index (χ0n) is 17.0. The number of carbonyl (C=O) groups excluding carboxylic acids is 3. The molecule has 0 aliphatic heterocycles. The first-order valence-electron chi connectivity index (χ1n) is 9.15. The number of rotatable bonds is 9. The summed E-state index contributed by atoms with van der Waals surface area (Å²) in [6.07, 6.45) is 0.619. The van der Waals surface area contributed by atoms with Gasteiger partial charge in [-0.05, 0) is 44.9 Å². The van der Waals surface area contributed by atoms with Crippen molar-refractivity contribution in [1.82, 2.24) is 0 Å². The summed E-state index contributed by atoms with van der Waals surface area (Å²) in [5.41, 5.74) is 2.22. The van der Waals surface area contributed by atoms with E-state index in [1.54, 1.807) is 6.92 Å². The summed E-state index contributed by atoms with van der Waals surface area (Å²) in [7, 11) is 1.28. The van der Waals surface area contributed by atoms with Crippen LogP contribution in [0.4, 0.5) is 5.00 Å². The average Bonchev–Trinajstić information content (AvgIpc) is 2.97. The van der Waals surface area contributed by atoms with Crippen LogP contribution in [0.2, 0.25) is 0 Å². The number of hydrogen-bond donors (Lipinski definition) is 1. The summed E-state index contributed by atoms with van der Waals surface area (Å²) in [6.45, 7) is 5.58. The van der Waals surface area contributed by atoms with Crippen LogP contribution in [0, 0.1) is 20.8 Å². The fourth-order valence-corrected chi connectivity index (χ4v) is 3.55. The molecule has 0 bridgehead atoms. The van der Waals surface area contributed by atoms with Crippen molar-refractivity contribution in [2.24, 2.45) is 0 Å². The van der Waals surface area contributed by atoms with Crippen LogP contribution in [0.15, 0.2) is 24.3 Å². The molecule has 0 unspecified atom stereocenters. The van der Waals surface area contributed by atoms with E-state index in [0.29, 0.717) is 23.6 Å². The number of ether oxygens (including phenoxy) is 3. The van der Waals surface area contributed by atoms with Crippen LogP contribution < -0.4 is 10.1 Å². The number of thiophene rings is 1. The fourth-order valence-electron chi connectivity index (χ4n) is 2.48. The van der Waals surface area contributed by atoms with Crippen LogP contribution >= 0.6 is 11.3 Å². The molecule has 0 atom stereocenters. The number of amides is 1. The van der Waals surface area contributed by atoms with E-state index in [2.05, 4.69) is 5.32 Å². The zero-order chi connectivity index (χ0) is 21.4. The summed E-state index contributed by atoms with van der Waals surface area (Å²) in [6, 6.07) is 7.64. The highest BCUT2D eigenvalue weighted by atomic mass is 32.1. The molecule has 0 saturated carbocycles. The number of esters is 2. The van der Waals surface area contributed by atoms with Crippen molar-refractivity contribution < 1.29 is 28.6 Å². The predicted octanol–water partition coefficient (Wildman–Crippen LogP) is 3.80. The summed E-state index contributed by atoms with van der Waals surface area (Å²) in [5, 5.41) is 3.00. The minimum Gasteiger partial charge on any atom is -0.494 e. The van der Waals surface area contributed by atoms with Gasteiger partial charge in [0.05, 0.1) is 19.3 Å². The molecule has 1 N–H and O–H groups in total. The first-order chi connectivity index (χ1) is 13.8. The highest BCUT2D eigenvalue weighted by Gasteiger charge is 2.21. The van der Waals surface area contributed by atoms with Crippen LogP contribution in [-0.4, -0.2) is 38.2 Å². The Morgan fingerprint density at radius 3 is 2.41 bits per heavy atom. The van der Waals surface area contributed by atoms with Gasteiger partial charge in [0, 0.05) is 11.3 Å². The molecule has 156 valence electrons. The SMILES string of the molecule is COC(=O)c1c(NC(=O)COC(=O)CCCOc2ccc(C)cc2)sc(C)c1C. The van der Waals surface area contributed by atoms with Gasteiger partial charge in [-0.3, -0.25) is 9.59 Å². The van der Waals surface area contributed by atoms with E-state index in [0.717, 1.165) is 21.8 Å². The van der Waals surface area contributed by atoms with E-state index >= 15 is 0 Å². The lowest BCUT2D eigenvalue weighted by Crippen LogP contribution is -2.21. The minimum atomic E-state index is -0.521. The number of methoxy groups -OCH3 is 1. The smallest absolute Gasteiger partial charge is 0.341 e. The molecule has 0 aliphatic rings. The summed E-state index contributed by atoms with van der Waals surface area (Å²) >= 11 is 1.27. The molecule has 1 aromatic heterocycles. The molecule has 0 radical (unpaired) electrons. The molecule has 1 amide bonds. The van der Waals surface area contributed by atoms with Gasteiger partial charge < -0.3 is 19.5 Å². The lowest BCUT2D eigenvalue weighted by molar-refractivity contribution is -0.147. The fraction of sp³-hybridized carbons (Fsp3) is 0.381. The van der Waals surface area contributed by atoms with E-state index in [9.17, 15) is 14.4 Å². The lowest BCUT2D eigenvalue weighted by Gasteiger charge is -2.08. The second kappa shape index (κ2) is 10.6. The second-order valence-corrected chi connectivity index (χ2v) is 7.68. The molecule has 0 spiro atoms. The van der Waals surface area contributed by atoms with Gasteiger partial charge in [-0.25, -0.2) is 4.79 Å². The molecule has 0 saturated heterocycles. The number of anilines is 1. The van der Waals surface area contributed by atoms with Gasteiger partial charge in [-0.2, -0.15) is 0 Å². The largest absolute Gasteiger partial charge is 0.494 e. The van der Waals surface area contributed by atoms with Crippen molar-refractivity contribution in [3.05, 3.63) is 45.8 Å². The number of hydrogen-bond acceptors (Lipinski definition) is 7. The molecule has 7 nitrogen and oxygen atoms in total. The molecule has 29 heavy (non-hydrogen) atoms. The van der Waals surface area contributed by atoms with E-state index in [4.69, 9.17) is 14.2 Å². The molecule has 0 aliphatic carbocycles. The Labute approximate surface area is 174 Å². The summed E-state index contributed by atoms with van der Waals surface area (Å²) < 4.78 is 15.3. The normalized spacial score (nSPS) is 10.3. The van der Waals surface area contributed by atoms with Crippen LogP contribution in [0.3, 0.4) is 0 Å². The standard InChI is InChI=1S/C21H25NO6S/c1-13-7-9-16(10-8-13)27-11-5-6-18(24)28-12-17(23)22-20-19(21(25)26-4)14(2)15(3)29-20/h7-10H,5-6,11-12H2,1-4H3,(H,22,23). The first kappa shape index (κ1) is 22.4. The van der Waals surface area contributed by atoms with Gasteiger partial charge in [0.15, 0.2) is 6.61 Å². The highest BCUT2D eigenvalue weighted by molar-refractivity contribution is 7.16. The maximum atomic E-state index is 12.1. The molecule has 0 fully saturated rings. The number of carbonyl (C=O) groups is 3. The second-order valence-electron chi connectivity index (χ2n) is 6.45. The van der Waals surface area contributed by atoms with Crippen LogP contribution in [0.1, 0.15) is 39.2 Å². The molecule has 1 heterocycles. The maximum Gasteiger partial charge on any atom is 0.341 e. The van der Waals surface area contributed by atoms with E-state index < -0.39 is 24.5 Å². The maximum absolute atomic E-state index is 12.1. The Kier molecular flexibility index (Phi) is 8.21. The van der Waals surface area contributed by atoms with Crippen molar-refractivity contribution in [2.45, 2.75) is 33.6 Å². The highest BCUT2D eigenvalue weighted by Crippen LogP contribution is 2.32. The molecule has 8 heteroatoms. The topological polar surface area (TPSA) is 90.9 Å². The van der Waals surface area contributed by atoms with Gasteiger partial charge in [-0.15, -0.1) is 11.3 Å². The summed E-state index contributed by atoms with van der Waals surface area (Å²) in [4.78, 5) is 36.7. The number of nitrogens with one attached hydrogen (secondary N) is 1.